The van der Waals surface area contributed by atoms with E-state index in [2.05, 4.69) is 6.92 Å². The van der Waals surface area contributed by atoms with E-state index < -0.39 is 0 Å². The van der Waals surface area contributed by atoms with E-state index >= 15 is 0 Å². The molecule has 0 aromatic heterocycles. The van der Waals surface area contributed by atoms with E-state index in [1.54, 1.807) is 17.8 Å². The van der Waals surface area contributed by atoms with Gasteiger partial charge in [0.2, 0.25) is 0 Å². The standard InChI is InChI=1S/C20H22FNOS/c1-2-3-5-15-8-10-16(11-9-15)19(23)22-12-13-24-20(22)17-6-4-7-18(21)14-17/h4,6-11,14,20H,2-3,5,12-13H2,1H3/t20-/m0/s1. The number of rotatable bonds is 5. The van der Waals surface area contributed by atoms with Gasteiger partial charge in [0.05, 0.1) is 0 Å². The molecule has 1 aliphatic heterocycles. The summed E-state index contributed by atoms with van der Waals surface area (Å²) in [5, 5.41) is -0.104. The van der Waals surface area contributed by atoms with Crippen molar-refractivity contribution in [1.82, 2.24) is 4.90 Å². The van der Waals surface area contributed by atoms with E-state index in [0.717, 1.165) is 24.2 Å². The molecule has 0 aliphatic carbocycles. The zero-order valence-electron chi connectivity index (χ0n) is 13.9. The molecule has 1 aliphatic rings. The molecule has 0 bridgehead atoms. The summed E-state index contributed by atoms with van der Waals surface area (Å²) in [6.07, 6.45) is 3.38. The monoisotopic (exact) mass is 343 g/mol. The zero-order valence-corrected chi connectivity index (χ0v) is 14.7. The molecular weight excluding hydrogens is 321 g/mol. The number of unbranched alkanes of at least 4 members (excludes halogenated alkanes) is 1. The van der Waals surface area contributed by atoms with Crippen LogP contribution in [-0.4, -0.2) is 23.1 Å². The van der Waals surface area contributed by atoms with E-state index in [1.807, 2.05) is 35.2 Å². The van der Waals surface area contributed by atoms with E-state index in [1.165, 1.54) is 24.1 Å². The van der Waals surface area contributed by atoms with Crippen molar-refractivity contribution >= 4 is 17.7 Å². The lowest BCUT2D eigenvalue weighted by Crippen LogP contribution is -2.30. The van der Waals surface area contributed by atoms with Crippen LogP contribution < -0.4 is 0 Å². The van der Waals surface area contributed by atoms with Gasteiger partial charge in [-0.05, 0) is 48.2 Å². The fourth-order valence-electron chi connectivity index (χ4n) is 2.98. The third-order valence-corrected chi connectivity index (χ3v) is 5.57. The average molecular weight is 343 g/mol. The smallest absolute Gasteiger partial charge is 0.255 e. The van der Waals surface area contributed by atoms with E-state index in [4.69, 9.17) is 0 Å². The van der Waals surface area contributed by atoms with Crippen molar-refractivity contribution in [1.29, 1.82) is 0 Å². The van der Waals surface area contributed by atoms with Crippen LogP contribution in [0.5, 0.6) is 0 Å². The van der Waals surface area contributed by atoms with Crippen molar-refractivity contribution in [3.8, 4) is 0 Å². The highest BCUT2D eigenvalue weighted by atomic mass is 32.2. The molecule has 0 radical (unpaired) electrons. The van der Waals surface area contributed by atoms with Gasteiger partial charge < -0.3 is 4.90 Å². The third-order valence-electron chi connectivity index (χ3n) is 4.31. The number of carbonyl (C=O) groups excluding carboxylic acids is 1. The first-order valence-corrected chi connectivity index (χ1v) is 9.51. The fourth-order valence-corrected chi connectivity index (χ4v) is 4.22. The molecule has 1 amide bonds. The Morgan fingerprint density at radius 3 is 2.75 bits per heavy atom. The average Bonchev–Trinajstić information content (AvgIpc) is 3.09. The second-order valence-corrected chi connectivity index (χ2v) is 7.27. The minimum atomic E-state index is -0.257. The summed E-state index contributed by atoms with van der Waals surface area (Å²) in [5.41, 5.74) is 2.83. The van der Waals surface area contributed by atoms with Gasteiger partial charge in [-0.15, -0.1) is 11.8 Å². The van der Waals surface area contributed by atoms with Crippen molar-refractivity contribution < 1.29 is 9.18 Å². The number of aryl methyl sites for hydroxylation is 1. The first-order chi connectivity index (χ1) is 11.7. The van der Waals surface area contributed by atoms with Crippen molar-refractivity contribution in [3.63, 3.8) is 0 Å². The fraction of sp³-hybridized carbons (Fsp3) is 0.350. The third kappa shape index (κ3) is 3.81. The zero-order chi connectivity index (χ0) is 16.9. The van der Waals surface area contributed by atoms with Crippen LogP contribution in [0.15, 0.2) is 48.5 Å². The van der Waals surface area contributed by atoms with Gasteiger partial charge >= 0.3 is 0 Å². The number of thioether (sulfide) groups is 1. The van der Waals surface area contributed by atoms with E-state index in [0.29, 0.717) is 12.1 Å². The second kappa shape index (κ2) is 7.84. The van der Waals surface area contributed by atoms with Gasteiger partial charge in [-0.3, -0.25) is 4.79 Å². The molecule has 0 spiro atoms. The van der Waals surface area contributed by atoms with Gasteiger partial charge in [-0.1, -0.05) is 37.6 Å². The Balaban J connectivity index is 1.76. The summed E-state index contributed by atoms with van der Waals surface area (Å²) < 4.78 is 13.5. The van der Waals surface area contributed by atoms with Crippen molar-refractivity contribution in [3.05, 3.63) is 71.0 Å². The Kier molecular flexibility index (Phi) is 5.56. The first-order valence-electron chi connectivity index (χ1n) is 8.46. The van der Waals surface area contributed by atoms with Crippen LogP contribution in [0, 0.1) is 5.82 Å². The molecule has 1 fully saturated rings. The lowest BCUT2D eigenvalue weighted by Gasteiger charge is -2.24. The molecule has 1 atom stereocenters. The summed E-state index contributed by atoms with van der Waals surface area (Å²) in [7, 11) is 0. The molecule has 4 heteroatoms. The molecule has 2 nitrogen and oxygen atoms in total. The van der Waals surface area contributed by atoms with Gasteiger partial charge in [-0.25, -0.2) is 4.39 Å². The maximum Gasteiger partial charge on any atom is 0.255 e. The lowest BCUT2D eigenvalue weighted by atomic mass is 10.1. The lowest BCUT2D eigenvalue weighted by molar-refractivity contribution is 0.0760. The van der Waals surface area contributed by atoms with Crippen LogP contribution in [-0.2, 0) is 6.42 Å². The number of halogens is 1. The summed E-state index contributed by atoms with van der Waals surface area (Å²) >= 11 is 1.69. The highest BCUT2D eigenvalue weighted by Gasteiger charge is 2.31. The number of carbonyl (C=O) groups is 1. The summed E-state index contributed by atoms with van der Waals surface area (Å²) in [6, 6.07) is 14.5. The first kappa shape index (κ1) is 17.0. The molecule has 1 saturated heterocycles. The van der Waals surface area contributed by atoms with Crippen LogP contribution >= 0.6 is 11.8 Å². The Morgan fingerprint density at radius 2 is 2.04 bits per heavy atom. The van der Waals surface area contributed by atoms with Crippen molar-refractivity contribution in [2.45, 2.75) is 31.6 Å². The van der Waals surface area contributed by atoms with Crippen LogP contribution in [0.4, 0.5) is 4.39 Å². The number of hydrogen-bond donors (Lipinski definition) is 0. The minimum Gasteiger partial charge on any atom is -0.322 e. The molecule has 1 heterocycles. The molecule has 0 saturated carbocycles. The molecule has 126 valence electrons. The van der Waals surface area contributed by atoms with Crippen LogP contribution in [0.2, 0.25) is 0 Å². The Labute approximate surface area is 147 Å². The van der Waals surface area contributed by atoms with Crippen molar-refractivity contribution in [2.24, 2.45) is 0 Å². The van der Waals surface area contributed by atoms with Gasteiger partial charge in [0, 0.05) is 17.9 Å². The van der Waals surface area contributed by atoms with Gasteiger partial charge in [0.15, 0.2) is 0 Å². The molecule has 0 N–H and O–H groups in total. The summed E-state index contributed by atoms with van der Waals surface area (Å²) in [6.45, 7) is 2.87. The summed E-state index contributed by atoms with van der Waals surface area (Å²) in [4.78, 5) is 14.7. The maximum atomic E-state index is 13.5. The predicted molar refractivity (Wildman–Crippen MR) is 97.7 cm³/mol. The van der Waals surface area contributed by atoms with E-state index in [-0.39, 0.29) is 17.1 Å². The number of nitrogens with zero attached hydrogens (tertiary/aromatic N) is 1. The highest BCUT2D eigenvalue weighted by molar-refractivity contribution is 7.99. The Bertz CT molecular complexity index is 701. The second-order valence-electron chi connectivity index (χ2n) is 6.08. The Morgan fingerprint density at radius 1 is 1.25 bits per heavy atom. The van der Waals surface area contributed by atoms with E-state index in [9.17, 15) is 9.18 Å². The minimum absolute atomic E-state index is 0.0244. The quantitative estimate of drug-likeness (QED) is 0.756. The normalized spacial score (nSPS) is 17.2. The van der Waals surface area contributed by atoms with Gasteiger partial charge in [0.1, 0.15) is 11.2 Å². The Hall–Kier alpha value is -1.81. The molecule has 3 rings (SSSR count). The number of hydrogen-bond acceptors (Lipinski definition) is 2. The van der Waals surface area contributed by atoms with Crippen LogP contribution in [0.3, 0.4) is 0 Å². The van der Waals surface area contributed by atoms with Crippen LogP contribution in [0.1, 0.15) is 46.6 Å². The number of amides is 1. The van der Waals surface area contributed by atoms with Crippen LogP contribution in [0.25, 0.3) is 0 Å². The molecular formula is C20H22FNOS. The summed E-state index contributed by atoms with van der Waals surface area (Å²) in [5.74, 6) is 0.644. The topological polar surface area (TPSA) is 20.3 Å². The maximum absolute atomic E-state index is 13.5. The SMILES string of the molecule is CCCCc1ccc(C(=O)N2CCS[C@H]2c2cccc(F)c2)cc1. The molecule has 2 aromatic rings. The largest absolute Gasteiger partial charge is 0.322 e. The molecule has 2 aromatic carbocycles. The molecule has 24 heavy (non-hydrogen) atoms. The highest BCUT2D eigenvalue weighted by Crippen LogP contribution is 2.38. The van der Waals surface area contributed by atoms with Crippen molar-refractivity contribution in [2.75, 3.05) is 12.3 Å². The van der Waals surface area contributed by atoms with Gasteiger partial charge in [0.25, 0.3) is 5.91 Å². The predicted octanol–water partition coefficient (Wildman–Crippen LogP) is 5.06. The van der Waals surface area contributed by atoms with Gasteiger partial charge in [-0.2, -0.15) is 0 Å². The molecule has 0 unspecified atom stereocenters. The number of benzene rings is 2.